The Bertz CT molecular complexity index is 534. The zero-order valence-corrected chi connectivity index (χ0v) is 11.2. The molecular formula is C12H15N3OS. The molecule has 0 fully saturated rings. The van der Waals surface area contributed by atoms with Gasteiger partial charge in [-0.15, -0.1) is 11.3 Å². The number of carbonyl (C=O) groups excluding carboxylic acids is 1. The first-order valence-electron chi connectivity index (χ1n) is 5.33. The lowest BCUT2D eigenvalue weighted by atomic mass is 10.4. The number of nitrogens with zero attached hydrogens (tertiary/aromatic N) is 3. The van der Waals surface area contributed by atoms with Crippen molar-refractivity contribution < 1.29 is 4.79 Å². The Morgan fingerprint density at radius 3 is 2.41 bits per heavy atom. The maximum absolute atomic E-state index is 11.8. The van der Waals surface area contributed by atoms with Gasteiger partial charge in [-0.2, -0.15) is 0 Å². The molecule has 0 aromatic carbocycles. The zero-order chi connectivity index (χ0) is 12.6. The minimum absolute atomic E-state index is 0.0602. The van der Waals surface area contributed by atoms with Crippen molar-refractivity contribution in [3.8, 4) is 5.13 Å². The van der Waals surface area contributed by atoms with E-state index in [0.29, 0.717) is 5.69 Å². The topological polar surface area (TPSA) is 38.1 Å². The lowest BCUT2D eigenvalue weighted by Gasteiger charge is -2.07. The average Bonchev–Trinajstić information content (AvgIpc) is 2.85. The van der Waals surface area contributed by atoms with Crippen LogP contribution in [0.15, 0.2) is 17.5 Å². The first-order valence-corrected chi connectivity index (χ1v) is 6.21. The van der Waals surface area contributed by atoms with Crippen molar-refractivity contribution in [1.29, 1.82) is 0 Å². The van der Waals surface area contributed by atoms with Gasteiger partial charge in [-0.3, -0.25) is 9.36 Å². The van der Waals surface area contributed by atoms with Gasteiger partial charge in [-0.05, 0) is 26.0 Å². The van der Waals surface area contributed by atoms with E-state index in [1.54, 1.807) is 19.5 Å². The maximum Gasteiger partial charge on any atom is 0.272 e. The Kier molecular flexibility index (Phi) is 3.02. The van der Waals surface area contributed by atoms with E-state index in [9.17, 15) is 4.79 Å². The van der Waals surface area contributed by atoms with Gasteiger partial charge in [0, 0.05) is 30.9 Å². The molecule has 2 aromatic rings. The molecule has 0 aliphatic heterocycles. The van der Waals surface area contributed by atoms with Gasteiger partial charge in [-0.25, -0.2) is 4.98 Å². The molecular weight excluding hydrogens is 234 g/mol. The molecule has 4 nitrogen and oxygen atoms in total. The highest BCUT2D eigenvalue weighted by Crippen LogP contribution is 2.20. The van der Waals surface area contributed by atoms with Crippen molar-refractivity contribution >= 4 is 17.2 Å². The van der Waals surface area contributed by atoms with Gasteiger partial charge in [0.05, 0.1) is 0 Å². The summed E-state index contributed by atoms with van der Waals surface area (Å²) in [5.41, 5.74) is 2.75. The fourth-order valence-corrected chi connectivity index (χ4v) is 2.58. The Labute approximate surface area is 105 Å². The van der Waals surface area contributed by atoms with Crippen LogP contribution in [0.4, 0.5) is 0 Å². The molecule has 0 saturated heterocycles. The Morgan fingerprint density at radius 1 is 1.29 bits per heavy atom. The van der Waals surface area contributed by atoms with Gasteiger partial charge in [0.2, 0.25) is 0 Å². The summed E-state index contributed by atoms with van der Waals surface area (Å²) in [6, 6.07) is 4.09. The second-order valence-corrected chi connectivity index (χ2v) is 5.00. The average molecular weight is 249 g/mol. The molecule has 0 aliphatic carbocycles. The van der Waals surface area contributed by atoms with Crippen molar-refractivity contribution in [2.75, 3.05) is 14.1 Å². The van der Waals surface area contributed by atoms with Crippen LogP contribution >= 0.6 is 11.3 Å². The van der Waals surface area contributed by atoms with E-state index in [-0.39, 0.29) is 5.91 Å². The predicted octanol–water partition coefficient (Wildman–Crippen LogP) is 2.25. The standard InChI is InChI=1S/C12H15N3OS/c1-8-5-6-9(2)15(8)12-13-10(7-17-12)11(16)14(3)4/h5-7H,1-4H3. The fourth-order valence-electron chi connectivity index (χ4n) is 1.66. The van der Waals surface area contributed by atoms with Gasteiger partial charge in [0.1, 0.15) is 5.69 Å². The fraction of sp³-hybridized carbons (Fsp3) is 0.333. The van der Waals surface area contributed by atoms with Crippen molar-refractivity contribution in [3.05, 3.63) is 34.6 Å². The maximum atomic E-state index is 11.8. The molecule has 17 heavy (non-hydrogen) atoms. The number of amides is 1. The highest BCUT2D eigenvalue weighted by Gasteiger charge is 2.14. The number of rotatable bonds is 2. The second kappa shape index (κ2) is 4.33. The van der Waals surface area contributed by atoms with Crippen molar-refractivity contribution in [2.24, 2.45) is 0 Å². The van der Waals surface area contributed by atoms with Crippen LogP contribution in [0.1, 0.15) is 21.9 Å². The SMILES string of the molecule is Cc1ccc(C)n1-c1nc(C(=O)N(C)C)cs1. The molecule has 0 N–H and O–H groups in total. The molecule has 0 saturated carbocycles. The van der Waals surface area contributed by atoms with Crippen LogP contribution in [-0.2, 0) is 0 Å². The first-order chi connectivity index (χ1) is 8.00. The molecule has 0 radical (unpaired) electrons. The summed E-state index contributed by atoms with van der Waals surface area (Å²) < 4.78 is 2.05. The Balaban J connectivity index is 2.40. The third-order valence-corrected chi connectivity index (χ3v) is 3.41. The van der Waals surface area contributed by atoms with Crippen LogP contribution in [0.3, 0.4) is 0 Å². The highest BCUT2D eigenvalue weighted by atomic mass is 32.1. The highest BCUT2D eigenvalue weighted by molar-refractivity contribution is 7.12. The third-order valence-electron chi connectivity index (χ3n) is 2.58. The van der Waals surface area contributed by atoms with E-state index in [1.807, 2.05) is 26.0 Å². The molecule has 2 aromatic heterocycles. The molecule has 90 valence electrons. The van der Waals surface area contributed by atoms with E-state index in [0.717, 1.165) is 16.5 Å². The minimum atomic E-state index is -0.0602. The van der Waals surface area contributed by atoms with Crippen LogP contribution in [-0.4, -0.2) is 34.5 Å². The number of hydrogen-bond acceptors (Lipinski definition) is 3. The van der Waals surface area contributed by atoms with E-state index in [2.05, 4.69) is 9.55 Å². The summed E-state index contributed by atoms with van der Waals surface area (Å²) in [4.78, 5) is 17.7. The summed E-state index contributed by atoms with van der Waals surface area (Å²) in [7, 11) is 3.46. The number of aromatic nitrogens is 2. The molecule has 0 aliphatic rings. The lowest BCUT2D eigenvalue weighted by Crippen LogP contribution is -2.22. The van der Waals surface area contributed by atoms with Crippen LogP contribution < -0.4 is 0 Å². The van der Waals surface area contributed by atoms with Gasteiger partial charge < -0.3 is 4.90 Å². The molecule has 2 heterocycles. The van der Waals surface area contributed by atoms with E-state index in [1.165, 1.54) is 16.2 Å². The van der Waals surface area contributed by atoms with Crippen molar-refractivity contribution in [2.45, 2.75) is 13.8 Å². The van der Waals surface area contributed by atoms with Crippen LogP contribution in [0, 0.1) is 13.8 Å². The molecule has 0 unspecified atom stereocenters. The normalized spacial score (nSPS) is 10.6. The van der Waals surface area contributed by atoms with Crippen LogP contribution in [0.2, 0.25) is 0 Å². The second-order valence-electron chi connectivity index (χ2n) is 4.17. The number of aryl methyl sites for hydroxylation is 2. The van der Waals surface area contributed by atoms with Crippen molar-refractivity contribution in [3.63, 3.8) is 0 Å². The van der Waals surface area contributed by atoms with Gasteiger partial charge in [0.25, 0.3) is 5.91 Å². The number of thiazole rings is 1. The number of hydrogen-bond donors (Lipinski definition) is 0. The summed E-state index contributed by atoms with van der Waals surface area (Å²) in [5, 5.41) is 2.64. The first kappa shape index (κ1) is 11.9. The van der Waals surface area contributed by atoms with Crippen molar-refractivity contribution in [1.82, 2.24) is 14.5 Å². The summed E-state index contributed by atoms with van der Waals surface area (Å²) >= 11 is 1.49. The van der Waals surface area contributed by atoms with Crippen LogP contribution in [0.5, 0.6) is 0 Å². The van der Waals surface area contributed by atoms with Crippen LogP contribution in [0.25, 0.3) is 5.13 Å². The summed E-state index contributed by atoms with van der Waals surface area (Å²) in [5.74, 6) is -0.0602. The van der Waals surface area contributed by atoms with Gasteiger partial charge >= 0.3 is 0 Å². The Morgan fingerprint density at radius 2 is 1.88 bits per heavy atom. The minimum Gasteiger partial charge on any atom is -0.343 e. The molecule has 0 bridgehead atoms. The lowest BCUT2D eigenvalue weighted by molar-refractivity contribution is 0.0822. The monoisotopic (exact) mass is 249 g/mol. The Hall–Kier alpha value is -1.62. The molecule has 2 rings (SSSR count). The summed E-state index contributed by atoms with van der Waals surface area (Å²) in [6.07, 6.45) is 0. The van der Waals surface area contributed by atoms with E-state index < -0.39 is 0 Å². The third kappa shape index (κ3) is 2.10. The van der Waals surface area contributed by atoms with E-state index >= 15 is 0 Å². The number of carbonyl (C=O) groups is 1. The molecule has 1 amide bonds. The predicted molar refractivity (Wildman–Crippen MR) is 68.9 cm³/mol. The molecule has 5 heteroatoms. The largest absolute Gasteiger partial charge is 0.343 e. The van der Waals surface area contributed by atoms with Gasteiger partial charge in [0.15, 0.2) is 5.13 Å². The quantitative estimate of drug-likeness (QED) is 0.818. The van der Waals surface area contributed by atoms with Gasteiger partial charge in [-0.1, -0.05) is 0 Å². The smallest absolute Gasteiger partial charge is 0.272 e. The zero-order valence-electron chi connectivity index (χ0n) is 10.4. The molecule has 0 atom stereocenters. The molecule has 0 spiro atoms. The van der Waals surface area contributed by atoms with E-state index in [4.69, 9.17) is 0 Å². The summed E-state index contributed by atoms with van der Waals surface area (Å²) in [6.45, 7) is 4.06.